The summed E-state index contributed by atoms with van der Waals surface area (Å²) in [6, 6.07) is 22.0. The summed E-state index contributed by atoms with van der Waals surface area (Å²) >= 11 is 1.20. The highest BCUT2D eigenvalue weighted by Gasteiger charge is 2.48. The van der Waals surface area contributed by atoms with E-state index in [2.05, 4.69) is 12.1 Å². The molecule has 0 saturated heterocycles. The molecule has 0 aliphatic heterocycles. The van der Waals surface area contributed by atoms with E-state index in [9.17, 15) is 15.3 Å². The van der Waals surface area contributed by atoms with E-state index in [4.69, 9.17) is 0 Å². The molecule has 144 valence electrons. The Hall–Kier alpha value is -3.60. The van der Waals surface area contributed by atoms with Crippen molar-refractivity contribution in [1.29, 1.82) is 10.5 Å². The lowest BCUT2D eigenvalue weighted by atomic mass is 9.72. The topological polar surface area (TPSA) is 64.7 Å². The molecule has 4 rings (SSSR count). The van der Waals surface area contributed by atoms with Crippen LogP contribution in [-0.4, -0.2) is 5.12 Å². The van der Waals surface area contributed by atoms with Crippen LogP contribution >= 0.6 is 11.8 Å². The normalized spacial score (nSPS) is 18.8. The first-order chi connectivity index (χ1) is 14.6. The molecule has 4 heteroatoms. The summed E-state index contributed by atoms with van der Waals surface area (Å²) in [4.78, 5) is 12.2. The van der Waals surface area contributed by atoms with Crippen LogP contribution in [0, 0.1) is 34.0 Å². The maximum atomic E-state index is 11.3. The fourth-order valence-corrected chi connectivity index (χ4v) is 4.55. The minimum absolute atomic E-state index is 0.0449. The monoisotopic (exact) mass is 406 g/mol. The van der Waals surface area contributed by atoms with Crippen LogP contribution in [0.2, 0.25) is 0 Å². The van der Waals surface area contributed by atoms with Gasteiger partial charge in [0, 0.05) is 17.7 Å². The highest BCUT2D eigenvalue weighted by molar-refractivity contribution is 8.13. The first-order valence-corrected chi connectivity index (χ1v) is 10.4. The molecule has 3 nitrogen and oxygen atoms in total. The van der Waals surface area contributed by atoms with Gasteiger partial charge in [0.05, 0.1) is 12.1 Å². The second kappa shape index (κ2) is 8.03. The van der Waals surface area contributed by atoms with Crippen molar-refractivity contribution in [3.8, 4) is 12.1 Å². The van der Waals surface area contributed by atoms with E-state index in [1.165, 1.54) is 11.8 Å². The standard InChI is InChI=1S/C26H18N2OS/c1-18(29)30-23-12-10-19(11-13-23)21-8-5-9-22-15-24(20-6-3-2-4-7-20)26(16-27,17-28)25(22)14-21/h2-15,25H,1H3. The number of nitriles is 2. The van der Waals surface area contributed by atoms with E-state index >= 15 is 0 Å². The second-order valence-corrected chi connectivity index (χ2v) is 8.45. The number of thioether (sulfide) groups is 1. The van der Waals surface area contributed by atoms with E-state index < -0.39 is 5.41 Å². The smallest absolute Gasteiger partial charge is 0.190 e. The van der Waals surface area contributed by atoms with Crippen molar-refractivity contribution in [2.75, 3.05) is 0 Å². The Balaban J connectivity index is 1.77. The Kier molecular flexibility index (Phi) is 5.27. The Morgan fingerprint density at radius 2 is 1.70 bits per heavy atom. The highest BCUT2D eigenvalue weighted by atomic mass is 32.2. The Morgan fingerprint density at radius 3 is 2.33 bits per heavy atom. The summed E-state index contributed by atoms with van der Waals surface area (Å²) in [5, 5.41) is 20.3. The molecule has 2 aliphatic carbocycles. The van der Waals surface area contributed by atoms with Crippen LogP contribution in [0.1, 0.15) is 18.1 Å². The van der Waals surface area contributed by atoms with Crippen LogP contribution in [0.4, 0.5) is 0 Å². The minimum Gasteiger partial charge on any atom is -0.287 e. The van der Waals surface area contributed by atoms with Crippen LogP contribution in [0.5, 0.6) is 0 Å². The van der Waals surface area contributed by atoms with Gasteiger partial charge in [0.2, 0.25) is 0 Å². The number of carbonyl (C=O) groups is 1. The molecule has 2 aromatic rings. The molecule has 1 unspecified atom stereocenters. The molecule has 0 saturated carbocycles. The molecule has 0 amide bonds. The summed E-state index contributed by atoms with van der Waals surface area (Å²) in [7, 11) is 0. The van der Waals surface area contributed by atoms with Gasteiger partial charge in [0.15, 0.2) is 10.5 Å². The molecule has 0 N–H and O–H groups in total. The predicted octanol–water partition coefficient (Wildman–Crippen LogP) is 5.95. The van der Waals surface area contributed by atoms with Crippen molar-refractivity contribution in [3.63, 3.8) is 0 Å². The fraction of sp³-hybridized carbons (Fsp3) is 0.115. The number of hydrogen-bond acceptors (Lipinski definition) is 4. The van der Waals surface area contributed by atoms with E-state index in [0.29, 0.717) is 0 Å². The number of carbonyl (C=O) groups excluding carboxylic acids is 1. The Labute approximate surface area is 180 Å². The maximum Gasteiger partial charge on any atom is 0.190 e. The van der Waals surface area contributed by atoms with E-state index in [1.54, 1.807) is 6.92 Å². The third-order valence-electron chi connectivity index (χ3n) is 5.36. The van der Waals surface area contributed by atoms with Crippen LogP contribution in [0.3, 0.4) is 0 Å². The summed E-state index contributed by atoms with van der Waals surface area (Å²) in [5.41, 5.74) is 3.22. The highest BCUT2D eigenvalue weighted by Crippen LogP contribution is 2.52. The SMILES string of the molecule is CC(=O)Sc1ccc(C2=CC3C(=CC=C2)C=C(c2ccccc2)C3(C#N)C#N)cc1. The summed E-state index contributed by atoms with van der Waals surface area (Å²) in [6.07, 6.45) is 9.93. The number of benzene rings is 2. The van der Waals surface area contributed by atoms with Crippen LogP contribution in [-0.2, 0) is 4.79 Å². The summed E-state index contributed by atoms with van der Waals surface area (Å²) in [6.45, 7) is 1.54. The molecule has 30 heavy (non-hydrogen) atoms. The number of allylic oxidation sites excluding steroid dienone is 8. The third kappa shape index (κ3) is 3.43. The fourth-order valence-electron chi connectivity index (χ4n) is 3.95. The van der Waals surface area contributed by atoms with Crippen LogP contribution < -0.4 is 0 Å². The number of fused-ring (bicyclic) bond motifs is 1. The average Bonchev–Trinajstić information content (AvgIpc) is 2.91. The van der Waals surface area contributed by atoms with Gasteiger partial charge in [0.25, 0.3) is 0 Å². The van der Waals surface area contributed by atoms with Crippen molar-refractivity contribution >= 4 is 28.0 Å². The van der Waals surface area contributed by atoms with Gasteiger partial charge in [-0.05, 0) is 40.0 Å². The lowest BCUT2D eigenvalue weighted by molar-refractivity contribution is -0.109. The molecule has 2 aromatic carbocycles. The van der Waals surface area contributed by atoms with Crippen molar-refractivity contribution in [3.05, 3.63) is 102 Å². The maximum absolute atomic E-state index is 11.3. The van der Waals surface area contributed by atoms with Crippen LogP contribution in [0.25, 0.3) is 11.1 Å². The zero-order chi connectivity index (χ0) is 21.1. The lowest BCUT2D eigenvalue weighted by Crippen LogP contribution is -2.24. The number of rotatable bonds is 3. The summed E-state index contributed by atoms with van der Waals surface area (Å²) < 4.78 is 0. The Morgan fingerprint density at radius 1 is 1.00 bits per heavy atom. The molecule has 0 bridgehead atoms. The van der Waals surface area contributed by atoms with Gasteiger partial charge in [-0.3, -0.25) is 4.79 Å². The second-order valence-electron chi connectivity index (χ2n) is 7.20. The number of nitrogens with zero attached hydrogens (tertiary/aromatic N) is 2. The van der Waals surface area contributed by atoms with Crippen molar-refractivity contribution in [2.45, 2.75) is 11.8 Å². The van der Waals surface area contributed by atoms with Crippen molar-refractivity contribution in [1.82, 2.24) is 0 Å². The van der Waals surface area contributed by atoms with E-state index in [0.717, 1.165) is 32.7 Å². The van der Waals surface area contributed by atoms with Gasteiger partial charge < -0.3 is 0 Å². The largest absolute Gasteiger partial charge is 0.287 e. The molecular weight excluding hydrogens is 388 g/mol. The average molecular weight is 407 g/mol. The molecule has 1 atom stereocenters. The molecular formula is C26H18N2OS. The molecule has 0 heterocycles. The van der Waals surface area contributed by atoms with Gasteiger partial charge >= 0.3 is 0 Å². The molecule has 0 spiro atoms. The van der Waals surface area contributed by atoms with Crippen molar-refractivity contribution < 1.29 is 4.79 Å². The quantitative estimate of drug-likeness (QED) is 0.591. The zero-order valence-corrected chi connectivity index (χ0v) is 17.2. The van der Waals surface area contributed by atoms with Gasteiger partial charge in [0.1, 0.15) is 0 Å². The minimum atomic E-state index is -1.28. The molecule has 0 radical (unpaired) electrons. The lowest BCUT2D eigenvalue weighted by Gasteiger charge is -2.24. The van der Waals surface area contributed by atoms with Gasteiger partial charge in [-0.15, -0.1) is 0 Å². The van der Waals surface area contributed by atoms with Crippen LogP contribution in [0.15, 0.2) is 95.4 Å². The van der Waals surface area contributed by atoms with Gasteiger partial charge in [-0.2, -0.15) is 10.5 Å². The van der Waals surface area contributed by atoms with Gasteiger partial charge in [-0.1, -0.05) is 84.6 Å². The number of hydrogen-bond donors (Lipinski definition) is 0. The predicted molar refractivity (Wildman–Crippen MR) is 120 cm³/mol. The zero-order valence-electron chi connectivity index (χ0n) is 16.4. The summed E-state index contributed by atoms with van der Waals surface area (Å²) in [5.74, 6) is -0.362. The Bertz CT molecular complexity index is 1190. The first-order valence-electron chi connectivity index (χ1n) is 9.56. The van der Waals surface area contributed by atoms with Gasteiger partial charge in [-0.25, -0.2) is 0 Å². The first kappa shape index (κ1) is 19.7. The molecule has 0 aromatic heterocycles. The molecule has 0 fully saturated rings. The molecule has 2 aliphatic rings. The van der Waals surface area contributed by atoms with E-state index in [-0.39, 0.29) is 11.0 Å². The van der Waals surface area contributed by atoms with Crippen molar-refractivity contribution in [2.24, 2.45) is 11.3 Å². The third-order valence-corrected chi connectivity index (χ3v) is 6.15. The van der Waals surface area contributed by atoms with E-state index in [1.807, 2.05) is 85.0 Å².